The molecule has 2 heteroatoms. The Morgan fingerprint density at radius 2 is 2.29 bits per heavy atom. The summed E-state index contributed by atoms with van der Waals surface area (Å²) in [6.45, 7) is 6.59. The van der Waals surface area contributed by atoms with Crippen molar-refractivity contribution in [3.8, 4) is 0 Å². The van der Waals surface area contributed by atoms with Crippen LogP contribution in [0.4, 0.5) is 0 Å². The number of nitrogens with one attached hydrogen (secondary N) is 1. The van der Waals surface area contributed by atoms with Crippen molar-refractivity contribution in [1.82, 2.24) is 10.3 Å². The van der Waals surface area contributed by atoms with Crippen LogP contribution in [0.25, 0.3) is 0 Å². The Kier molecular flexibility index (Phi) is 2.82. The van der Waals surface area contributed by atoms with Gasteiger partial charge in [-0.1, -0.05) is 0 Å². The first-order chi connectivity index (χ1) is 6.79. The summed E-state index contributed by atoms with van der Waals surface area (Å²) >= 11 is 0. The lowest BCUT2D eigenvalue weighted by molar-refractivity contribution is 0.460. The highest BCUT2D eigenvalue weighted by molar-refractivity contribution is 5.31. The van der Waals surface area contributed by atoms with E-state index in [1.54, 1.807) is 0 Å². The maximum absolute atomic E-state index is 4.31. The normalized spacial score (nSPS) is 22.3. The van der Waals surface area contributed by atoms with Gasteiger partial charge in [-0.25, -0.2) is 0 Å². The molecule has 14 heavy (non-hydrogen) atoms. The van der Waals surface area contributed by atoms with E-state index in [1.165, 1.54) is 36.2 Å². The summed E-state index contributed by atoms with van der Waals surface area (Å²) in [7, 11) is 0. The van der Waals surface area contributed by atoms with Gasteiger partial charge in [-0.15, -0.1) is 0 Å². The lowest BCUT2D eigenvalue weighted by atomic mass is 9.89. The zero-order valence-electron chi connectivity index (χ0n) is 9.01. The molecule has 0 amide bonds. The first-order valence-electron chi connectivity index (χ1n) is 5.42. The van der Waals surface area contributed by atoms with E-state index >= 15 is 0 Å². The van der Waals surface area contributed by atoms with Crippen LogP contribution in [-0.4, -0.2) is 18.1 Å². The fourth-order valence-corrected chi connectivity index (χ4v) is 2.22. The largest absolute Gasteiger partial charge is 0.316 e. The van der Waals surface area contributed by atoms with Crippen LogP contribution in [0.3, 0.4) is 0 Å². The molecule has 1 saturated heterocycles. The Bertz CT molecular complexity index is 314. The van der Waals surface area contributed by atoms with E-state index in [2.05, 4.69) is 30.2 Å². The number of hydrogen-bond donors (Lipinski definition) is 1. The smallest absolute Gasteiger partial charge is 0.0404 e. The van der Waals surface area contributed by atoms with Gasteiger partial charge in [0.1, 0.15) is 0 Å². The molecule has 1 aromatic rings. The molecule has 0 bridgehead atoms. The van der Waals surface area contributed by atoms with Gasteiger partial charge in [0.25, 0.3) is 0 Å². The summed E-state index contributed by atoms with van der Waals surface area (Å²) in [5, 5.41) is 3.46. The Morgan fingerprint density at radius 1 is 1.43 bits per heavy atom. The van der Waals surface area contributed by atoms with Crippen molar-refractivity contribution in [1.29, 1.82) is 0 Å². The number of pyridine rings is 1. The van der Waals surface area contributed by atoms with Gasteiger partial charge in [0.05, 0.1) is 0 Å². The van der Waals surface area contributed by atoms with Crippen molar-refractivity contribution in [2.75, 3.05) is 13.1 Å². The van der Waals surface area contributed by atoms with Gasteiger partial charge >= 0.3 is 0 Å². The van der Waals surface area contributed by atoms with Gasteiger partial charge < -0.3 is 5.32 Å². The lowest BCUT2D eigenvalue weighted by Gasteiger charge is -2.24. The highest BCUT2D eigenvalue weighted by Gasteiger charge is 2.17. The van der Waals surface area contributed by atoms with Crippen molar-refractivity contribution in [3.63, 3.8) is 0 Å². The third-order valence-corrected chi connectivity index (χ3v) is 3.23. The fraction of sp³-hybridized carbons (Fsp3) is 0.583. The van der Waals surface area contributed by atoms with Crippen LogP contribution in [0.1, 0.15) is 35.6 Å². The molecule has 2 rings (SSSR count). The second kappa shape index (κ2) is 4.09. The van der Waals surface area contributed by atoms with E-state index < -0.39 is 0 Å². The van der Waals surface area contributed by atoms with E-state index in [0.717, 1.165) is 6.54 Å². The molecule has 0 radical (unpaired) electrons. The SMILES string of the molecule is Cc1nccc(C2CCCNC2)c1C. The van der Waals surface area contributed by atoms with Crippen LogP contribution in [0.15, 0.2) is 12.3 Å². The highest BCUT2D eigenvalue weighted by atomic mass is 14.9. The third-order valence-electron chi connectivity index (χ3n) is 3.23. The molecule has 0 saturated carbocycles. The minimum Gasteiger partial charge on any atom is -0.316 e. The molecule has 1 unspecified atom stereocenters. The minimum atomic E-state index is 0.699. The summed E-state index contributed by atoms with van der Waals surface area (Å²) in [4.78, 5) is 4.31. The number of nitrogens with zero attached hydrogens (tertiary/aromatic N) is 1. The third kappa shape index (κ3) is 1.80. The second-order valence-electron chi connectivity index (χ2n) is 4.15. The molecule has 0 aliphatic carbocycles. The second-order valence-corrected chi connectivity index (χ2v) is 4.15. The number of aromatic nitrogens is 1. The molecule has 2 nitrogen and oxygen atoms in total. The van der Waals surface area contributed by atoms with Crippen LogP contribution in [-0.2, 0) is 0 Å². The molecule has 0 aromatic carbocycles. The van der Waals surface area contributed by atoms with E-state index in [9.17, 15) is 0 Å². The highest BCUT2D eigenvalue weighted by Crippen LogP contribution is 2.26. The number of rotatable bonds is 1. The average molecular weight is 190 g/mol. The molecular weight excluding hydrogens is 172 g/mol. The van der Waals surface area contributed by atoms with Crippen molar-refractivity contribution >= 4 is 0 Å². The average Bonchev–Trinajstić information content (AvgIpc) is 2.23. The fourth-order valence-electron chi connectivity index (χ4n) is 2.22. The predicted molar refractivity (Wildman–Crippen MR) is 58.6 cm³/mol. The van der Waals surface area contributed by atoms with Crippen LogP contribution in [0.2, 0.25) is 0 Å². The van der Waals surface area contributed by atoms with Crippen molar-refractivity contribution in [2.24, 2.45) is 0 Å². The van der Waals surface area contributed by atoms with E-state index in [0.29, 0.717) is 5.92 Å². The first-order valence-corrected chi connectivity index (χ1v) is 5.42. The maximum Gasteiger partial charge on any atom is 0.0404 e. The first kappa shape index (κ1) is 9.66. The number of aryl methyl sites for hydroxylation is 1. The van der Waals surface area contributed by atoms with E-state index in [-0.39, 0.29) is 0 Å². The number of piperidine rings is 1. The Morgan fingerprint density at radius 3 is 3.00 bits per heavy atom. The quantitative estimate of drug-likeness (QED) is 0.734. The molecule has 1 aliphatic heterocycles. The monoisotopic (exact) mass is 190 g/mol. The molecule has 2 heterocycles. The molecular formula is C12H18N2. The van der Waals surface area contributed by atoms with E-state index in [1.807, 2.05) is 6.20 Å². The zero-order valence-corrected chi connectivity index (χ0v) is 9.01. The molecule has 1 aromatic heterocycles. The van der Waals surface area contributed by atoms with Gasteiger partial charge in [0.2, 0.25) is 0 Å². The van der Waals surface area contributed by atoms with Crippen LogP contribution >= 0.6 is 0 Å². The molecule has 0 spiro atoms. The molecule has 1 atom stereocenters. The van der Waals surface area contributed by atoms with Crippen LogP contribution in [0, 0.1) is 13.8 Å². The summed E-state index contributed by atoms with van der Waals surface area (Å²) in [5.41, 5.74) is 4.04. The summed E-state index contributed by atoms with van der Waals surface area (Å²) in [6, 6.07) is 2.18. The van der Waals surface area contributed by atoms with Crippen molar-refractivity contribution in [2.45, 2.75) is 32.6 Å². The van der Waals surface area contributed by atoms with Gasteiger partial charge in [-0.05, 0) is 56.3 Å². The zero-order chi connectivity index (χ0) is 9.97. The lowest BCUT2D eigenvalue weighted by Crippen LogP contribution is -2.28. The Hall–Kier alpha value is -0.890. The molecule has 1 aliphatic rings. The van der Waals surface area contributed by atoms with Crippen LogP contribution in [0.5, 0.6) is 0 Å². The Labute approximate surface area is 85.7 Å². The van der Waals surface area contributed by atoms with Gasteiger partial charge in [0.15, 0.2) is 0 Å². The predicted octanol–water partition coefficient (Wildman–Crippen LogP) is 2.17. The van der Waals surface area contributed by atoms with Gasteiger partial charge in [-0.3, -0.25) is 4.98 Å². The summed E-state index contributed by atoms with van der Waals surface area (Å²) < 4.78 is 0. The standard InChI is InChI=1S/C12H18N2/c1-9-10(2)14-7-5-12(9)11-4-3-6-13-8-11/h5,7,11,13H,3-4,6,8H2,1-2H3. The summed E-state index contributed by atoms with van der Waals surface area (Å²) in [6.07, 6.45) is 4.55. The van der Waals surface area contributed by atoms with Crippen molar-refractivity contribution in [3.05, 3.63) is 29.1 Å². The molecule has 76 valence electrons. The van der Waals surface area contributed by atoms with Crippen molar-refractivity contribution < 1.29 is 0 Å². The summed E-state index contributed by atoms with van der Waals surface area (Å²) in [5.74, 6) is 0.699. The van der Waals surface area contributed by atoms with Gasteiger partial charge in [-0.2, -0.15) is 0 Å². The Balaban J connectivity index is 2.26. The van der Waals surface area contributed by atoms with E-state index in [4.69, 9.17) is 0 Å². The molecule has 1 fully saturated rings. The maximum atomic E-state index is 4.31. The topological polar surface area (TPSA) is 24.9 Å². The van der Waals surface area contributed by atoms with Gasteiger partial charge in [0, 0.05) is 18.4 Å². The molecule has 1 N–H and O–H groups in total. The van der Waals surface area contributed by atoms with Crippen LogP contribution < -0.4 is 5.32 Å². The minimum absolute atomic E-state index is 0.699. The number of hydrogen-bond acceptors (Lipinski definition) is 2.